The molecule has 2 heterocycles. The van der Waals surface area contributed by atoms with Crippen molar-refractivity contribution in [2.24, 2.45) is 10.1 Å². The number of benzene rings is 3. The fourth-order valence-corrected chi connectivity index (χ4v) is 5.48. The minimum absolute atomic E-state index is 0.0586. The molecule has 10 heteroatoms. The number of carbonyl (C=O) groups excluding carboxylic acids is 2. The van der Waals surface area contributed by atoms with Gasteiger partial charge >= 0.3 is 0 Å². The van der Waals surface area contributed by atoms with Crippen molar-refractivity contribution in [1.82, 2.24) is 5.01 Å². The highest BCUT2D eigenvalue weighted by Crippen LogP contribution is 2.39. The van der Waals surface area contributed by atoms with Gasteiger partial charge in [-0.2, -0.15) is 10.1 Å². The molecule has 0 aliphatic carbocycles. The van der Waals surface area contributed by atoms with E-state index in [-0.39, 0.29) is 18.1 Å². The van der Waals surface area contributed by atoms with Crippen molar-refractivity contribution >= 4 is 40.1 Å². The highest BCUT2D eigenvalue weighted by molar-refractivity contribution is 8.15. The van der Waals surface area contributed by atoms with E-state index in [1.165, 1.54) is 17.8 Å². The molecule has 3 aromatic carbocycles. The van der Waals surface area contributed by atoms with E-state index >= 15 is 0 Å². The first-order valence-electron chi connectivity index (χ1n) is 12.5. The van der Waals surface area contributed by atoms with Gasteiger partial charge in [0, 0.05) is 24.1 Å². The van der Waals surface area contributed by atoms with E-state index in [0.29, 0.717) is 40.9 Å². The van der Waals surface area contributed by atoms with Crippen molar-refractivity contribution in [2.45, 2.75) is 31.1 Å². The normalized spacial score (nSPS) is 18.5. The first-order chi connectivity index (χ1) is 18.9. The van der Waals surface area contributed by atoms with E-state index in [1.54, 1.807) is 54.6 Å². The van der Waals surface area contributed by atoms with Crippen molar-refractivity contribution in [3.63, 3.8) is 0 Å². The minimum atomic E-state index is -0.704. The van der Waals surface area contributed by atoms with Crippen molar-refractivity contribution in [3.8, 4) is 11.5 Å². The summed E-state index contributed by atoms with van der Waals surface area (Å²) in [6.07, 6.45) is 0.362. The van der Waals surface area contributed by atoms with Crippen LogP contribution in [-0.2, 0) is 9.59 Å². The number of rotatable bonds is 8. The van der Waals surface area contributed by atoms with Gasteiger partial charge in [-0.1, -0.05) is 30.0 Å². The molecule has 1 N–H and O–H groups in total. The maximum Gasteiger partial charge on any atom is 0.262 e. The number of aliphatic imine (C=N–C) groups is 1. The molecule has 2 atom stereocenters. The Kier molecular flexibility index (Phi) is 7.92. The number of carbonyl (C=O) groups is 2. The molecule has 5 rings (SSSR count). The van der Waals surface area contributed by atoms with Crippen LogP contribution in [0.2, 0.25) is 0 Å². The van der Waals surface area contributed by atoms with E-state index in [2.05, 4.69) is 10.3 Å². The summed E-state index contributed by atoms with van der Waals surface area (Å²) in [5.41, 5.74) is 2.66. The molecular formula is C29H27FN4O4S. The van der Waals surface area contributed by atoms with Gasteiger partial charge in [0.2, 0.25) is 5.91 Å². The van der Waals surface area contributed by atoms with Crippen molar-refractivity contribution in [1.29, 1.82) is 0 Å². The summed E-state index contributed by atoms with van der Waals surface area (Å²) >= 11 is 1.17. The van der Waals surface area contributed by atoms with Gasteiger partial charge in [0.25, 0.3) is 5.91 Å². The molecule has 8 nitrogen and oxygen atoms in total. The topological polar surface area (TPSA) is 92.6 Å². The van der Waals surface area contributed by atoms with Crippen LogP contribution in [-0.4, -0.2) is 46.7 Å². The Morgan fingerprint density at radius 3 is 2.49 bits per heavy atom. The predicted octanol–water partition coefficient (Wildman–Crippen LogP) is 5.41. The van der Waals surface area contributed by atoms with Crippen LogP contribution in [0.5, 0.6) is 11.5 Å². The van der Waals surface area contributed by atoms with Crippen LogP contribution >= 0.6 is 11.8 Å². The molecule has 2 aliphatic heterocycles. The van der Waals surface area contributed by atoms with Crippen molar-refractivity contribution < 1.29 is 23.5 Å². The number of ether oxygens (including phenoxy) is 2. The summed E-state index contributed by atoms with van der Waals surface area (Å²) in [4.78, 5) is 29.7. The van der Waals surface area contributed by atoms with E-state index < -0.39 is 17.2 Å². The summed E-state index contributed by atoms with van der Waals surface area (Å²) in [6, 6.07) is 20.5. The SMILES string of the molecule is CCOc1ccc(NC(=O)CC2SC(N3N=C(c4ccc(OC)cc4)CC3c3ccccc3F)=NC2=O)cc1. The molecule has 2 amide bonds. The molecule has 0 fully saturated rings. The van der Waals surface area contributed by atoms with Gasteiger partial charge in [-0.05, 0) is 67.1 Å². The molecule has 200 valence electrons. The molecular weight excluding hydrogens is 519 g/mol. The highest BCUT2D eigenvalue weighted by Gasteiger charge is 2.39. The molecule has 0 bridgehead atoms. The third-order valence-corrected chi connectivity index (χ3v) is 7.48. The Hall–Kier alpha value is -4.18. The molecule has 2 unspecified atom stereocenters. The Bertz CT molecular complexity index is 1430. The van der Waals surface area contributed by atoms with E-state index in [1.807, 2.05) is 31.2 Å². The van der Waals surface area contributed by atoms with Gasteiger partial charge < -0.3 is 14.8 Å². The summed E-state index contributed by atoms with van der Waals surface area (Å²) in [5.74, 6) is 0.334. The standard InChI is InChI=1S/C29H27FN4O4S/c1-3-38-21-14-10-19(11-15-21)31-27(35)17-26-28(36)32-29(39-26)34-25(22-6-4-5-7-23(22)30)16-24(33-34)18-8-12-20(37-2)13-9-18/h4-15,25-26H,3,16-17H2,1-2H3,(H,31,35). The van der Waals surface area contributed by atoms with Gasteiger partial charge in [0.15, 0.2) is 5.17 Å². The average molecular weight is 547 g/mol. The fourth-order valence-electron chi connectivity index (χ4n) is 4.42. The number of thioether (sulfide) groups is 1. The lowest BCUT2D eigenvalue weighted by Gasteiger charge is -2.23. The summed E-state index contributed by atoms with van der Waals surface area (Å²) in [7, 11) is 1.60. The van der Waals surface area contributed by atoms with Gasteiger partial charge in [-0.3, -0.25) is 9.59 Å². The summed E-state index contributed by atoms with van der Waals surface area (Å²) in [6.45, 7) is 2.45. The zero-order valence-electron chi connectivity index (χ0n) is 21.5. The van der Waals surface area contributed by atoms with Crippen LogP contribution < -0.4 is 14.8 Å². The number of amides is 2. The Labute approximate surface area is 229 Å². The van der Waals surface area contributed by atoms with Crippen LogP contribution in [0.4, 0.5) is 10.1 Å². The number of hydrogen-bond acceptors (Lipinski definition) is 7. The Balaban J connectivity index is 1.32. The first kappa shape index (κ1) is 26.4. The second-order valence-electron chi connectivity index (χ2n) is 8.91. The van der Waals surface area contributed by atoms with E-state index in [9.17, 15) is 14.0 Å². The first-order valence-corrected chi connectivity index (χ1v) is 13.4. The Morgan fingerprint density at radius 2 is 1.79 bits per heavy atom. The number of hydrazone groups is 1. The van der Waals surface area contributed by atoms with Crippen LogP contribution in [0.1, 0.15) is 36.9 Å². The zero-order chi connectivity index (χ0) is 27.4. The van der Waals surface area contributed by atoms with Gasteiger partial charge in [-0.25, -0.2) is 9.40 Å². The van der Waals surface area contributed by atoms with Crippen molar-refractivity contribution in [3.05, 3.63) is 89.7 Å². The third-order valence-electron chi connectivity index (χ3n) is 6.34. The monoisotopic (exact) mass is 546 g/mol. The minimum Gasteiger partial charge on any atom is -0.497 e. The number of halogens is 1. The average Bonchev–Trinajstić information content (AvgIpc) is 3.54. The second kappa shape index (κ2) is 11.7. The van der Waals surface area contributed by atoms with E-state index in [0.717, 1.165) is 11.3 Å². The van der Waals surface area contributed by atoms with Gasteiger partial charge in [-0.15, -0.1) is 0 Å². The molecule has 0 spiro atoms. The molecule has 0 saturated carbocycles. The van der Waals surface area contributed by atoms with Crippen LogP contribution in [0.25, 0.3) is 0 Å². The number of hydrogen-bond donors (Lipinski definition) is 1. The molecule has 3 aromatic rings. The van der Waals surface area contributed by atoms with Crippen LogP contribution in [0.15, 0.2) is 82.9 Å². The van der Waals surface area contributed by atoms with Gasteiger partial charge in [0.1, 0.15) is 22.6 Å². The lowest BCUT2D eigenvalue weighted by atomic mass is 9.98. The number of anilines is 1. The maximum absolute atomic E-state index is 14.9. The highest BCUT2D eigenvalue weighted by atomic mass is 32.2. The summed E-state index contributed by atoms with van der Waals surface area (Å²) < 4.78 is 25.5. The predicted molar refractivity (Wildman–Crippen MR) is 150 cm³/mol. The third kappa shape index (κ3) is 5.96. The fraction of sp³-hybridized carbons (Fsp3) is 0.241. The van der Waals surface area contributed by atoms with E-state index in [4.69, 9.17) is 14.6 Å². The molecule has 39 heavy (non-hydrogen) atoms. The maximum atomic E-state index is 14.9. The lowest BCUT2D eigenvalue weighted by molar-refractivity contribution is -0.121. The van der Waals surface area contributed by atoms with Crippen LogP contribution in [0.3, 0.4) is 0 Å². The number of methoxy groups -OCH3 is 1. The van der Waals surface area contributed by atoms with Gasteiger partial charge in [0.05, 0.1) is 25.5 Å². The van der Waals surface area contributed by atoms with Crippen LogP contribution in [0, 0.1) is 5.82 Å². The number of nitrogens with one attached hydrogen (secondary N) is 1. The Morgan fingerprint density at radius 1 is 1.08 bits per heavy atom. The largest absolute Gasteiger partial charge is 0.497 e. The number of amidine groups is 1. The molecule has 0 aromatic heterocycles. The lowest BCUT2D eigenvalue weighted by Crippen LogP contribution is -2.25. The second-order valence-corrected chi connectivity index (χ2v) is 10.1. The molecule has 2 aliphatic rings. The quantitative estimate of drug-likeness (QED) is 0.406. The number of nitrogens with zero attached hydrogens (tertiary/aromatic N) is 3. The molecule has 0 saturated heterocycles. The summed E-state index contributed by atoms with van der Waals surface area (Å²) in [5, 5.41) is 8.81. The molecule has 0 radical (unpaired) electrons. The smallest absolute Gasteiger partial charge is 0.262 e. The zero-order valence-corrected chi connectivity index (χ0v) is 22.3. The van der Waals surface area contributed by atoms with Crippen molar-refractivity contribution in [2.75, 3.05) is 19.0 Å².